The van der Waals surface area contributed by atoms with Gasteiger partial charge in [-0.2, -0.15) is 5.26 Å². The third kappa shape index (κ3) is 4.95. The number of hydrogen-bond acceptors (Lipinski definition) is 8. The molecule has 0 N–H and O–H groups in total. The molecule has 1 aromatic heterocycles. The Hall–Kier alpha value is -3.94. The van der Waals surface area contributed by atoms with Crippen molar-refractivity contribution in [3.05, 3.63) is 47.6 Å². The molecule has 2 fully saturated rings. The first-order valence-electron chi connectivity index (χ1n) is 10.7. The molecule has 4 rings (SSSR count). The van der Waals surface area contributed by atoms with E-state index in [2.05, 4.69) is 10.3 Å². The van der Waals surface area contributed by atoms with Crippen LogP contribution in [0.4, 0.5) is 20.6 Å². The molecule has 1 aromatic carbocycles. The van der Waals surface area contributed by atoms with Crippen molar-refractivity contribution in [1.82, 2.24) is 15.0 Å². The maximum Gasteiger partial charge on any atom is 0.414 e. The number of nitrogens with zero attached hydrogens (tertiary/aromatic N) is 6. The fraction of sp³-hybridized carbons (Fsp3) is 0.409. The van der Waals surface area contributed by atoms with Gasteiger partial charge >= 0.3 is 12.1 Å². The summed E-state index contributed by atoms with van der Waals surface area (Å²) in [5.74, 6) is -0.998. The normalized spacial score (nSPS) is 18.2. The second-order valence-electron chi connectivity index (χ2n) is 7.72. The lowest BCUT2D eigenvalue weighted by atomic mass is 10.0. The van der Waals surface area contributed by atoms with Crippen molar-refractivity contribution >= 4 is 23.4 Å². The first-order valence-corrected chi connectivity index (χ1v) is 10.7. The number of aromatic nitrogens is 3. The maximum absolute atomic E-state index is 14.9. The highest BCUT2D eigenvalue weighted by Gasteiger charge is 2.33. The van der Waals surface area contributed by atoms with Gasteiger partial charge in [-0.25, -0.2) is 18.7 Å². The number of amides is 1. The van der Waals surface area contributed by atoms with Gasteiger partial charge in [0, 0.05) is 19.2 Å². The summed E-state index contributed by atoms with van der Waals surface area (Å²) in [5, 5.41) is 16.4. The number of cyclic esters (lactones) is 1. The highest BCUT2D eigenvalue weighted by molar-refractivity contribution is 5.90. The third-order valence-corrected chi connectivity index (χ3v) is 5.55. The Kier molecular flexibility index (Phi) is 6.53. The highest BCUT2D eigenvalue weighted by Crippen LogP contribution is 2.30. The van der Waals surface area contributed by atoms with Gasteiger partial charge in [0.1, 0.15) is 11.9 Å². The number of ether oxygens (including phenoxy) is 2. The van der Waals surface area contributed by atoms with Gasteiger partial charge in [0.05, 0.1) is 43.3 Å². The van der Waals surface area contributed by atoms with E-state index in [1.807, 2.05) is 11.0 Å². The number of allylic oxidation sites excluding steroid dienone is 1. The Morgan fingerprint density at radius 3 is 2.88 bits per heavy atom. The number of piperidine rings is 1. The Morgan fingerprint density at radius 1 is 1.39 bits per heavy atom. The van der Waals surface area contributed by atoms with Crippen molar-refractivity contribution < 1.29 is 23.5 Å². The average Bonchev–Trinajstić information content (AvgIpc) is 3.41. The van der Waals surface area contributed by atoms with Crippen LogP contribution in [-0.2, 0) is 16.0 Å². The van der Waals surface area contributed by atoms with Gasteiger partial charge in [0.25, 0.3) is 0 Å². The van der Waals surface area contributed by atoms with Gasteiger partial charge in [-0.1, -0.05) is 10.8 Å². The van der Waals surface area contributed by atoms with E-state index < -0.39 is 24.0 Å². The lowest BCUT2D eigenvalue weighted by molar-refractivity contribution is 0.0519. The number of nitriles is 1. The predicted octanol–water partition coefficient (Wildman–Crippen LogP) is 2.67. The summed E-state index contributed by atoms with van der Waals surface area (Å²) in [6.07, 6.45) is 3.30. The van der Waals surface area contributed by atoms with Crippen LogP contribution in [0.25, 0.3) is 0 Å². The van der Waals surface area contributed by atoms with Crippen molar-refractivity contribution in [1.29, 1.82) is 5.26 Å². The van der Waals surface area contributed by atoms with Crippen molar-refractivity contribution in [3.63, 3.8) is 0 Å². The zero-order valence-electron chi connectivity index (χ0n) is 18.1. The second kappa shape index (κ2) is 9.68. The number of hydrogen-bond donors (Lipinski definition) is 0. The fourth-order valence-electron chi connectivity index (χ4n) is 3.91. The molecule has 3 heterocycles. The minimum Gasteiger partial charge on any atom is -0.461 e. The smallest absolute Gasteiger partial charge is 0.414 e. The summed E-state index contributed by atoms with van der Waals surface area (Å²) in [5.41, 5.74) is 2.01. The standard InChI is InChI=1S/C22H23FN6O4/c1-2-32-21(30)19-14-28(26-25-19)12-17-13-29(22(31)33-17)16-3-4-20(18(23)11-16)27-9-6-15(5-8-24)7-10-27/h3-5,11,14,17H,2,6-7,9-10,12-13H2,1H3/t17-/m1/s1. The molecule has 0 radical (unpaired) electrons. The molecule has 10 nitrogen and oxygen atoms in total. The van der Waals surface area contributed by atoms with Crippen LogP contribution in [0.15, 0.2) is 36.0 Å². The van der Waals surface area contributed by atoms with Gasteiger partial charge in [0.15, 0.2) is 5.69 Å². The topological polar surface area (TPSA) is 114 Å². The first kappa shape index (κ1) is 22.3. The molecule has 172 valence electrons. The maximum atomic E-state index is 14.9. The molecule has 0 unspecified atom stereocenters. The van der Waals surface area contributed by atoms with E-state index >= 15 is 0 Å². The molecule has 11 heteroatoms. The van der Waals surface area contributed by atoms with Crippen LogP contribution >= 0.6 is 0 Å². The summed E-state index contributed by atoms with van der Waals surface area (Å²) in [4.78, 5) is 27.4. The summed E-state index contributed by atoms with van der Waals surface area (Å²) in [7, 11) is 0. The van der Waals surface area contributed by atoms with Gasteiger partial charge in [0.2, 0.25) is 0 Å². The molecule has 0 saturated carbocycles. The molecule has 0 spiro atoms. The van der Waals surface area contributed by atoms with Crippen LogP contribution in [0.5, 0.6) is 0 Å². The number of esters is 1. The van der Waals surface area contributed by atoms with Crippen LogP contribution < -0.4 is 9.80 Å². The molecule has 2 aromatic rings. The van der Waals surface area contributed by atoms with Gasteiger partial charge in [-0.05, 0) is 38.0 Å². The molecule has 1 amide bonds. The van der Waals surface area contributed by atoms with Crippen molar-refractivity contribution in [2.24, 2.45) is 0 Å². The number of anilines is 2. The van der Waals surface area contributed by atoms with E-state index in [1.165, 1.54) is 21.8 Å². The Bertz CT molecular complexity index is 1110. The van der Waals surface area contributed by atoms with E-state index in [0.717, 1.165) is 18.4 Å². The molecule has 2 aliphatic heterocycles. The third-order valence-electron chi connectivity index (χ3n) is 5.55. The van der Waals surface area contributed by atoms with Gasteiger partial charge < -0.3 is 14.4 Å². The summed E-state index contributed by atoms with van der Waals surface area (Å²) in [6, 6.07) is 6.72. The largest absolute Gasteiger partial charge is 0.461 e. The molecule has 33 heavy (non-hydrogen) atoms. The predicted molar refractivity (Wildman–Crippen MR) is 115 cm³/mol. The van der Waals surface area contributed by atoms with E-state index in [0.29, 0.717) is 24.5 Å². The number of rotatable bonds is 6. The van der Waals surface area contributed by atoms with Crippen molar-refractivity contribution in [3.8, 4) is 6.07 Å². The van der Waals surface area contributed by atoms with Crippen molar-refractivity contribution in [2.45, 2.75) is 32.4 Å². The molecule has 0 aliphatic carbocycles. The van der Waals surface area contributed by atoms with Crippen LogP contribution in [0.1, 0.15) is 30.3 Å². The quantitative estimate of drug-likeness (QED) is 0.484. The Balaban J connectivity index is 1.39. The number of carbonyl (C=O) groups is 2. The zero-order valence-corrected chi connectivity index (χ0v) is 18.1. The van der Waals surface area contributed by atoms with Gasteiger partial charge in [-0.3, -0.25) is 4.90 Å². The summed E-state index contributed by atoms with van der Waals surface area (Å²) >= 11 is 0. The van der Waals surface area contributed by atoms with Crippen LogP contribution in [0.3, 0.4) is 0 Å². The number of halogens is 1. The monoisotopic (exact) mass is 454 g/mol. The zero-order chi connectivity index (χ0) is 23.4. The van der Waals surface area contributed by atoms with Crippen LogP contribution in [-0.4, -0.2) is 59.4 Å². The summed E-state index contributed by atoms with van der Waals surface area (Å²) < 4.78 is 26.6. The first-order chi connectivity index (χ1) is 16.0. The lowest BCUT2D eigenvalue weighted by Gasteiger charge is -2.30. The minimum atomic E-state index is -0.581. The van der Waals surface area contributed by atoms with Crippen molar-refractivity contribution in [2.75, 3.05) is 36.0 Å². The average molecular weight is 454 g/mol. The SMILES string of the molecule is CCOC(=O)c1cn(C[C@@H]2CN(c3ccc(N4CCC(=CC#N)CC4)c(F)c3)C(=O)O2)nn1. The Labute approximate surface area is 189 Å². The molecule has 2 aliphatic rings. The van der Waals surface area contributed by atoms with Gasteiger partial charge in [-0.15, -0.1) is 5.10 Å². The van der Waals surface area contributed by atoms with E-state index in [4.69, 9.17) is 14.7 Å². The van der Waals surface area contributed by atoms with E-state index in [9.17, 15) is 14.0 Å². The minimum absolute atomic E-state index is 0.0728. The molecule has 2 saturated heterocycles. The highest BCUT2D eigenvalue weighted by atomic mass is 19.1. The fourth-order valence-corrected chi connectivity index (χ4v) is 3.91. The van der Waals surface area contributed by atoms with Crippen LogP contribution in [0, 0.1) is 17.1 Å². The van der Waals surface area contributed by atoms with E-state index in [-0.39, 0.29) is 25.4 Å². The molecule has 0 bridgehead atoms. The lowest BCUT2D eigenvalue weighted by Crippen LogP contribution is -2.31. The van der Waals surface area contributed by atoms with Crippen LogP contribution in [0.2, 0.25) is 0 Å². The summed E-state index contributed by atoms with van der Waals surface area (Å²) in [6.45, 7) is 3.58. The molecule has 1 atom stereocenters. The molecular formula is C22H23FN6O4. The second-order valence-corrected chi connectivity index (χ2v) is 7.72. The van der Waals surface area contributed by atoms with E-state index in [1.54, 1.807) is 25.1 Å². The molecular weight excluding hydrogens is 431 g/mol. The number of benzene rings is 1. The Morgan fingerprint density at radius 2 is 2.18 bits per heavy atom. The number of carbonyl (C=O) groups excluding carboxylic acids is 2.